The Morgan fingerprint density at radius 3 is 1.28 bits per heavy atom. The monoisotopic (exact) mass is 611 g/mol. The number of alkyl halides is 17. The molecule has 216 valence electrons. The van der Waals surface area contributed by atoms with Gasteiger partial charge in [0.05, 0.1) is 0 Å². The van der Waals surface area contributed by atoms with Crippen molar-refractivity contribution in [3.63, 3.8) is 0 Å². The van der Waals surface area contributed by atoms with E-state index in [1.54, 1.807) is 0 Å². The van der Waals surface area contributed by atoms with Gasteiger partial charge in [0.15, 0.2) is 0 Å². The standard InChI is InChI=1S/C14H14F17NO2SSi/c1-2-4-32(5-3-6-36)35(33,34)14(30,31)12(25,26)10(21,22)8(17,18)7(15,16)9(19,20)11(23,24)13(27,28)29/h2H,1,3-6H2,36H3. The second-order valence-corrected chi connectivity index (χ2v) is 9.95. The highest BCUT2D eigenvalue weighted by molar-refractivity contribution is 7.90. The summed E-state index contributed by atoms with van der Waals surface area (Å²) in [6, 6.07) is 0.0497. The highest BCUT2D eigenvalue weighted by Gasteiger charge is 2.96. The van der Waals surface area contributed by atoms with Crippen LogP contribution in [-0.4, -0.2) is 83.0 Å². The van der Waals surface area contributed by atoms with Gasteiger partial charge in [0.2, 0.25) is 0 Å². The molecule has 0 saturated carbocycles. The molecule has 0 heterocycles. The zero-order valence-electron chi connectivity index (χ0n) is 17.2. The molecule has 0 radical (unpaired) electrons. The molecule has 0 aromatic carbocycles. The molecular formula is C14H14F17NO2SSi. The van der Waals surface area contributed by atoms with Crippen LogP contribution >= 0.6 is 0 Å². The predicted molar refractivity (Wildman–Crippen MR) is 90.7 cm³/mol. The lowest BCUT2D eigenvalue weighted by Gasteiger charge is -2.43. The number of hydrogen-bond donors (Lipinski definition) is 0. The van der Waals surface area contributed by atoms with Gasteiger partial charge in [0.25, 0.3) is 10.0 Å². The van der Waals surface area contributed by atoms with E-state index in [4.69, 9.17) is 0 Å². The van der Waals surface area contributed by atoms with Crippen LogP contribution in [0.3, 0.4) is 0 Å². The van der Waals surface area contributed by atoms with Gasteiger partial charge in [-0.3, -0.25) is 0 Å². The van der Waals surface area contributed by atoms with E-state index in [0.717, 1.165) is 0 Å². The number of sulfonamides is 1. The molecule has 0 fully saturated rings. The Hall–Kier alpha value is -1.32. The molecule has 3 nitrogen and oxygen atoms in total. The Morgan fingerprint density at radius 1 is 0.639 bits per heavy atom. The fourth-order valence-corrected chi connectivity index (χ4v) is 4.03. The molecule has 0 N–H and O–H groups in total. The molecule has 0 aliphatic rings. The van der Waals surface area contributed by atoms with Gasteiger partial charge in [0.1, 0.15) is 0 Å². The van der Waals surface area contributed by atoms with Gasteiger partial charge in [-0.05, 0) is 6.42 Å². The molecule has 0 aromatic rings. The van der Waals surface area contributed by atoms with Crippen molar-refractivity contribution in [2.75, 3.05) is 13.1 Å². The Balaban J connectivity index is 7.01. The average Bonchev–Trinajstić information content (AvgIpc) is 2.68. The normalized spacial score (nSPS) is 16.1. The van der Waals surface area contributed by atoms with Gasteiger partial charge in [0, 0.05) is 23.3 Å². The van der Waals surface area contributed by atoms with Crippen molar-refractivity contribution in [1.29, 1.82) is 0 Å². The Morgan fingerprint density at radius 2 is 0.972 bits per heavy atom. The maximum absolute atomic E-state index is 14.1. The molecule has 0 saturated heterocycles. The summed E-state index contributed by atoms with van der Waals surface area (Å²) >= 11 is 0. The Labute approximate surface area is 193 Å². The third-order valence-corrected chi connectivity index (χ3v) is 7.07. The van der Waals surface area contributed by atoms with E-state index in [-0.39, 0.29) is 16.3 Å². The van der Waals surface area contributed by atoms with Crippen molar-refractivity contribution in [3.8, 4) is 0 Å². The van der Waals surface area contributed by atoms with E-state index >= 15 is 0 Å². The molecule has 22 heteroatoms. The molecule has 0 atom stereocenters. The van der Waals surface area contributed by atoms with Gasteiger partial charge in [-0.1, -0.05) is 12.1 Å². The van der Waals surface area contributed by atoms with Crippen LogP contribution in [-0.2, 0) is 10.0 Å². The summed E-state index contributed by atoms with van der Waals surface area (Å²) in [6.45, 7) is 0.272. The summed E-state index contributed by atoms with van der Waals surface area (Å²) in [5.74, 6) is -51.6. The lowest BCUT2D eigenvalue weighted by Crippen LogP contribution is -2.75. The topological polar surface area (TPSA) is 37.4 Å². The maximum atomic E-state index is 14.1. The third-order valence-electron chi connectivity index (χ3n) is 4.45. The minimum atomic E-state index is -8.83. The maximum Gasteiger partial charge on any atom is 0.460 e. The molecule has 0 amide bonds. The minimum absolute atomic E-state index is 0.0497. The molecule has 0 spiro atoms. The highest BCUT2D eigenvalue weighted by Crippen LogP contribution is 2.64. The van der Waals surface area contributed by atoms with E-state index in [2.05, 4.69) is 6.58 Å². The van der Waals surface area contributed by atoms with E-state index in [1.165, 1.54) is 0 Å². The third kappa shape index (κ3) is 4.68. The first-order valence-electron chi connectivity index (χ1n) is 8.84. The van der Waals surface area contributed by atoms with Gasteiger partial charge in [-0.25, -0.2) is 8.42 Å². The summed E-state index contributed by atoms with van der Waals surface area (Å²) < 4.78 is 249. The molecular weight excluding hydrogens is 597 g/mol. The zero-order chi connectivity index (χ0) is 29.6. The van der Waals surface area contributed by atoms with Crippen LogP contribution in [0.4, 0.5) is 74.6 Å². The Bertz CT molecular complexity index is 900. The summed E-state index contributed by atoms with van der Waals surface area (Å²) in [5.41, 5.74) is 0. The van der Waals surface area contributed by atoms with Crippen LogP contribution in [0.1, 0.15) is 6.42 Å². The summed E-state index contributed by atoms with van der Waals surface area (Å²) in [6.07, 6.45) is -7.88. The molecule has 0 aliphatic carbocycles. The summed E-state index contributed by atoms with van der Waals surface area (Å²) in [7, 11) is -7.01. The number of hydrogen-bond acceptors (Lipinski definition) is 2. The molecule has 0 rings (SSSR count). The van der Waals surface area contributed by atoms with E-state index in [1.807, 2.05) is 0 Å². The summed E-state index contributed by atoms with van der Waals surface area (Å²) in [4.78, 5) is 0. The first-order valence-corrected chi connectivity index (χ1v) is 11.7. The van der Waals surface area contributed by atoms with E-state index in [0.29, 0.717) is 6.08 Å². The van der Waals surface area contributed by atoms with Crippen molar-refractivity contribution in [3.05, 3.63) is 12.7 Å². The van der Waals surface area contributed by atoms with Gasteiger partial charge < -0.3 is 0 Å². The van der Waals surface area contributed by atoms with Gasteiger partial charge in [-0.2, -0.15) is 78.9 Å². The van der Waals surface area contributed by atoms with Crippen LogP contribution in [0, 0.1) is 0 Å². The van der Waals surface area contributed by atoms with Crippen molar-refractivity contribution in [2.45, 2.75) is 59.4 Å². The second-order valence-electron chi connectivity index (χ2n) is 6.97. The van der Waals surface area contributed by atoms with Crippen LogP contribution in [0.2, 0.25) is 6.04 Å². The average molecular weight is 611 g/mol. The van der Waals surface area contributed by atoms with Crippen LogP contribution in [0.25, 0.3) is 0 Å². The largest absolute Gasteiger partial charge is 0.460 e. The quantitative estimate of drug-likeness (QED) is 0.168. The second kappa shape index (κ2) is 9.77. The fraction of sp³-hybridized carbons (Fsp3) is 0.857. The van der Waals surface area contributed by atoms with Crippen LogP contribution in [0.15, 0.2) is 12.7 Å². The summed E-state index contributed by atoms with van der Waals surface area (Å²) in [5, 5.41) is -7.53. The number of rotatable bonds is 13. The van der Waals surface area contributed by atoms with Crippen molar-refractivity contribution < 1.29 is 83.1 Å². The molecule has 0 aliphatic heterocycles. The number of halogens is 17. The predicted octanol–water partition coefficient (Wildman–Crippen LogP) is 4.94. The van der Waals surface area contributed by atoms with Gasteiger partial charge >= 0.3 is 47.0 Å². The Kier molecular flexibility index (Phi) is 9.41. The van der Waals surface area contributed by atoms with Crippen molar-refractivity contribution in [2.24, 2.45) is 0 Å². The smallest absolute Gasteiger partial charge is 0.206 e. The molecule has 0 bridgehead atoms. The number of nitrogens with zero attached hydrogens (tertiary/aromatic N) is 1. The zero-order valence-corrected chi connectivity index (χ0v) is 20.0. The van der Waals surface area contributed by atoms with Crippen molar-refractivity contribution in [1.82, 2.24) is 4.31 Å². The SMILES string of the molecule is C=CCN(CCC[SiH3])S(=O)(=O)C(F)(F)C(F)(F)C(F)(F)C(F)(F)C(F)(F)C(F)(F)C(F)(F)C(F)(F)F. The first kappa shape index (κ1) is 34.7. The van der Waals surface area contributed by atoms with Crippen molar-refractivity contribution >= 4 is 20.3 Å². The lowest BCUT2D eigenvalue weighted by molar-refractivity contribution is -0.458. The first-order chi connectivity index (χ1) is 15.5. The van der Waals surface area contributed by atoms with Gasteiger partial charge in [-0.15, -0.1) is 6.58 Å². The lowest BCUT2D eigenvalue weighted by atomic mass is 9.91. The van der Waals surface area contributed by atoms with Crippen LogP contribution in [0.5, 0.6) is 0 Å². The minimum Gasteiger partial charge on any atom is -0.206 e. The van der Waals surface area contributed by atoms with E-state index in [9.17, 15) is 83.1 Å². The molecule has 0 aromatic heterocycles. The fourth-order valence-electron chi connectivity index (χ4n) is 2.26. The molecule has 0 unspecified atom stereocenters. The highest BCUT2D eigenvalue weighted by atomic mass is 32.2. The van der Waals surface area contributed by atoms with E-state index < -0.39 is 80.8 Å². The van der Waals surface area contributed by atoms with Crippen LogP contribution < -0.4 is 0 Å². The molecule has 36 heavy (non-hydrogen) atoms.